The second-order valence-corrected chi connectivity index (χ2v) is 5.45. The van der Waals surface area contributed by atoms with Crippen molar-refractivity contribution in [3.8, 4) is 22.8 Å². The van der Waals surface area contributed by atoms with E-state index in [2.05, 4.69) is 31.1 Å². The number of nitrogens with one attached hydrogen (secondary N) is 1. The SMILES string of the molecule is Nc1ccc(Br)cc1-c1nc(-c2ccsc2)n[nH]1. The van der Waals surface area contributed by atoms with E-state index < -0.39 is 0 Å². The number of anilines is 1. The zero-order chi connectivity index (χ0) is 12.5. The van der Waals surface area contributed by atoms with Crippen molar-refractivity contribution in [2.24, 2.45) is 0 Å². The van der Waals surface area contributed by atoms with Crippen molar-refractivity contribution in [3.63, 3.8) is 0 Å². The first-order chi connectivity index (χ1) is 8.74. The third-order valence-corrected chi connectivity index (χ3v) is 3.71. The molecule has 6 heteroatoms. The van der Waals surface area contributed by atoms with Crippen LogP contribution in [0.15, 0.2) is 39.5 Å². The molecule has 0 fully saturated rings. The molecule has 3 aromatic rings. The second-order valence-electron chi connectivity index (χ2n) is 3.75. The van der Waals surface area contributed by atoms with E-state index in [1.165, 1.54) is 0 Å². The Morgan fingerprint density at radius 2 is 2.17 bits per heavy atom. The quantitative estimate of drug-likeness (QED) is 0.709. The molecule has 0 aliphatic carbocycles. The van der Waals surface area contributed by atoms with Gasteiger partial charge in [-0.1, -0.05) is 15.9 Å². The summed E-state index contributed by atoms with van der Waals surface area (Å²) in [6.45, 7) is 0. The minimum Gasteiger partial charge on any atom is -0.398 e. The van der Waals surface area contributed by atoms with Gasteiger partial charge in [0.1, 0.15) is 0 Å². The monoisotopic (exact) mass is 320 g/mol. The number of hydrogen-bond donors (Lipinski definition) is 2. The van der Waals surface area contributed by atoms with E-state index >= 15 is 0 Å². The molecule has 4 nitrogen and oxygen atoms in total. The van der Waals surface area contributed by atoms with Gasteiger partial charge in [-0.15, -0.1) is 0 Å². The fourth-order valence-electron chi connectivity index (χ4n) is 1.64. The molecule has 0 saturated heterocycles. The molecule has 0 aliphatic heterocycles. The lowest BCUT2D eigenvalue weighted by Gasteiger charge is -2.01. The highest BCUT2D eigenvalue weighted by atomic mass is 79.9. The van der Waals surface area contributed by atoms with Crippen LogP contribution in [0.2, 0.25) is 0 Å². The fourth-order valence-corrected chi connectivity index (χ4v) is 2.63. The number of hydrogen-bond acceptors (Lipinski definition) is 4. The van der Waals surface area contributed by atoms with Crippen molar-refractivity contribution in [3.05, 3.63) is 39.5 Å². The summed E-state index contributed by atoms with van der Waals surface area (Å²) >= 11 is 5.04. The van der Waals surface area contributed by atoms with E-state index in [-0.39, 0.29) is 0 Å². The van der Waals surface area contributed by atoms with Crippen LogP contribution in [0.3, 0.4) is 0 Å². The zero-order valence-electron chi connectivity index (χ0n) is 9.22. The Morgan fingerprint density at radius 1 is 1.28 bits per heavy atom. The van der Waals surface area contributed by atoms with Crippen molar-refractivity contribution >= 4 is 33.0 Å². The number of aromatic nitrogens is 3. The molecule has 2 aromatic heterocycles. The maximum absolute atomic E-state index is 5.94. The maximum Gasteiger partial charge on any atom is 0.182 e. The first-order valence-electron chi connectivity index (χ1n) is 5.24. The number of nitrogens with two attached hydrogens (primary N) is 1. The number of aromatic amines is 1. The Kier molecular flexibility index (Phi) is 2.89. The first-order valence-corrected chi connectivity index (χ1v) is 6.98. The summed E-state index contributed by atoms with van der Waals surface area (Å²) in [5.74, 6) is 1.36. The molecule has 0 bridgehead atoms. The summed E-state index contributed by atoms with van der Waals surface area (Å²) < 4.78 is 0.959. The largest absolute Gasteiger partial charge is 0.398 e. The second kappa shape index (κ2) is 4.55. The Balaban J connectivity index is 2.05. The molecule has 90 valence electrons. The smallest absolute Gasteiger partial charge is 0.182 e. The minimum absolute atomic E-state index is 0.672. The van der Waals surface area contributed by atoms with Crippen molar-refractivity contribution in [1.82, 2.24) is 15.2 Å². The van der Waals surface area contributed by atoms with Crippen LogP contribution in [0.1, 0.15) is 0 Å². The van der Waals surface area contributed by atoms with E-state index in [9.17, 15) is 0 Å². The van der Waals surface area contributed by atoms with Crippen LogP contribution in [0.5, 0.6) is 0 Å². The lowest BCUT2D eigenvalue weighted by molar-refractivity contribution is 1.10. The topological polar surface area (TPSA) is 67.6 Å². The number of nitrogens with zero attached hydrogens (tertiary/aromatic N) is 2. The summed E-state index contributed by atoms with van der Waals surface area (Å²) in [6.07, 6.45) is 0. The molecular formula is C12H9BrN4S. The van der Waals surface area contributed by atoms with Gasteiger partial charge < -0.3 is 5.73 Å². The van der Waals surface area contributed by atoms with Crippen LogP contribution in [-0.2, 0) is 0 Å². The average Bonchev–Trinajstić information content (AvgIpc) is 3.00. The van der Waals surface area contributed by atoms with Crippen molar-refractivity contribution < 1.29 is 0 Å². The molecule has 18 heavy (non-hydrogen) atoms. The molecule has 2 heterocycles. The van der Waals surface area contributed by atoms with Gasteiger partial charge in [-0.05, 0) is 29.6 Å². The van der Waals surface area contributed by atoms with Crippen LogP contribution in [0.25, 0.3) is 22.8 Å². The van der Waals surface area contributed by atoms with Crippen molar-refractivity contribution in [1.29, 1.82) is 0 Å². The molecule has 3 N–H and O–H groups in total. The third-order valence-electron chi connectivity index (χ3n) is 2.54. The number of rotatable bonds is 2. The highest BCUT2D eigenvalue weighted by molar-refractivity contribution is 9.10. The Labute approximate surface area is 116 Å². The predicted molar refractivity (Wildman–Crippen MR) is 77.2 cm³/mol. The Bertz CT molecular complexity index is 675. The molecule has 0 amide bonds. The van der Waals surface area contributed by atoms with E-state index in [0.717, 1.165) is 15.6 Å². The normalized spacial score (nSPS) is 10.7. The van der Waals surface area contributed by atoms with Gasteiger partial charge in [0.2, 0.25) is 0 Å². The lowest BCUT2D eigenvalue weighted by atomic mass is 10.2. The molecule has 0 unspecified atom stereocenters. The number of H-pyrrole nitrogens is 1. The van der Waals surface area contributed by atoms with E-state index in [1.54, 1.807) is 11.3 Å². The third kappa shape index (κ3) is 2.04. The molecule has 0 atom stereocenters. The highest BCUT2D eigenvalue weighted by Crippen LogP contribution is 2.28. The summed E-state index contributed by atoms with van der Waals surface area (Å²) in [5, 5.41) is 11.1. The maximum atomic E-state index is 5.94. The first kappa shape index (κ1) is 11.4. The molecule has 0 radical (unpaired) electrons. The van der Waals surface area contributed by atoms with E-state index in [4.69, 9.17) is 5.73 Å². The number of halogens is 1. The average molecular weight is 321 g/mol. The predicted octanol–water partition coefficient (Wildman–Crippen LogP) is 3.54. The standard InChI is InChI=1S/C12H9BrN4S/c13-8-1-2-10(14)9(5-8)12-15-11(16-17-12)7-3-4-18-6-7/h1-6H,14H2,(H,15,16,17). The van der Waals surface area contributed by atoms with Gasteiger partial charge in [-0.3, -0.25) is 5.10 Å². The van der Waals surface area contributed by atoms with Gasteiger partial charge in [0.05, 0.1) is 0 Å². The van der Waals surface area contributed by atoms with Gasteiger partial charge in [0.15, 0.2) is 11.6 Å². The Hall–Kier alpha value is -1.66. The van der Waals surface area contributed by atoms with Crippen LogP contribution in [-0.4, -0.2) is 15.2 Å². The summed E-state index contributed by atoms with van der Waals surface area (Å²) in [6, 6.07) is 7.65. The summed E-state index contributed by atoms with van der Waals surface area (Å²) in [5.41, 5.74) is 8.47. The number of benzene rings is 1. The summed E-state index contributed by atoms with van der Waals surface area (Å²) in [4.78, 5) is 4.46. The van der Waals surface area contributed by atoms with Crippen LogP contribution in [0, 0.1) is 0 Å². The van der Waals surface area contributed by atoms with Crippen LogP contribution >= 0.6 is 27.3 Å². The van der Waals surface area contributed by atoms with Crippen LogP contribution < -0.4 is 5.73 Å². The lowest BCUT2D eigenvalue weighted by Crippen LogP contribution is -1.91. The number of nitrogen functional groups attached to an aromatic ring is 1. The minimum atomic E-state index is 0.672. The van der Waals surface area contributed by atoms with Gasteiger partial charge in [-0.25, -0.2) is 4.98 Å². The molecule has 3 rings (SSSR count). The van der Waals surface area contributed by atoms with Gasteiger partial charge in [-0.2, -0.15) is 16.4 Å². The number of thiophene rings is 1. The molecule has 0 saturated carbocycles. The van der Waals surface area contributed by atoms with E-state index in [1.807, 2.05) is 35.0 Å². The Morgan fingerprint density at radius 3 is 2.94 bits per heavy atom. The van der Waals surface area contributed by atoms with Crippen LogP contribution in [0.4, 0.5) is 5.69 Å². The molecule has 0 spiro atoms. The van der Waals surface area contributed by atoms with Crippen molar-refractivity contribution in [2.45, 2.75) is 0 Å². The van der Waals surface area contributed by atoms with E-state index in [0.29, 0.717) is 17.3 Å². The van der Waals surface area contributed by atoms with Crippen molar-refractivity contribution in [2.75, 3.05) is 5.73 Å². The zero-order valence-corrected chi connectivity index (χ0v) is 11.6. The van der Waals surface area contributed by atoms with Gasteiger partial charge in [0, 0.05) is 26.7 Å². The molecule has 0 aliphatic rings. The van der Waals surface area contributed by atoms with Gasteiger partial charge in [0.25, 0.3) is 0 Å². The highest BCUT2D eigenvalue weighted by Gasteiger charge is 2.10. The van der Waals surface area contributed by atoms with Gasteiger partial charge >= 0.3 is 0 Å². The fraction of sp³-hybridized carbons (Fsp3) is 0. The molecular weight excluding hydrogens is 312 g/mol. The molecule has 1 aromatic carbocycles. The summed E-state index contributed by atoms with van der Waals surface area (Å²) in [7, 11) is 0.